The Morgan fingerprint density at radius 2 is 1.86 bits per heavy atom. The normalized spacial score (nSPS) is 16.3. The number of benzene rings is 2. The molecule has 35 heavy (non-hydrogen) atoms. The molecule has 1 aliphatic heterocycles. The topological polar surface area (TPSA) is 80.5 Å². The summed E-state index contributed by atoms with van der Waals surface area (Å²) in [6.07, 6.45) is 0.862. The summed E-state index contributed by atoms with van der Waals surface area (Å²) in [5.74, 6) is 0.837. The van der Waals surface area contributed by atoms with Crippen molar-refractivity contribution in [2.45, 2.75) is 53.2 Å². The van der Waals surface area contributed by atoms with Crippen LogP contribution >= 0.6 is 11.6 Å². The number of aryl methyl sites for hydroxylation is 2. The van der Waals surface area contributed by atoms with Gasteiger partial charge in [0.25, 0.3) is 5.89 Å². The van der Waals surface area contributed by atoms with E-state index in [2.05, 4.69) is 36.5 Å². The van der Waals surface area contributed by atoms with Gasteiger partial charge in [0.2, 0.25) is 5.82 Å². The smallest absolute Gasteiger partial charge is 0.322 e. The number of halogens is 1. The molecule has 8 heteroatoms. The minimum atomic E-state index is -0.413. The molecule has 0 aliphatic carbocycles. The fourth-order valence-electron chi connectivity index (χ4n) is 4.11. The van der Waals surface area contributed by atoms with E-state index in [4.69, 9.17) is 25.8 Å². The molecule has 184 valence electrons. The molecule has 1 aromatic heterocycles. The maximum Gasteiger partial charge on any atom is 0.322 e. The molecule has 0 radical (unpaired) electrons. The van der Waals surface area contributed by atoms with E-state index in [-0.39, 0.29) is 12.1 Å². The summed E-state index contributed by atoms with van der Waals surface area (Å²) in [6, 6.07) is 12.9. The van der Waals surface area contributed by atoms with Crippen molar-refractivity contribution in [3.63, 3.8) is 0 Å². The Kier molecular flexibility index (Phi) is 7.57. The number of nitrogens with one attached hydrogen (secondary N) is 1. The number of nitrogens with zero attached hydrogens (tertiary/aromatic N) is 3. The molecule has 1 N–H and O–H groups in total. The van der Waals surface area contributed by atoms with Crippen LogP contribution < -0.4 is 5.32 Å². The van der Waals surface area contributed by atoms with Crippen LogP contribution in [0.4, 0.5) is 4.79 Å². The van der Waals surface area contributed by atoms with Crippen LogP contribution in [-0.4, -0.2) is 40.3 Å². The molecule has 1 unspecified atom stereocenters. The number of hydrogen-bond donors (Lipinski definition) is 1. The lowest BCUT2D eigenvalue weighted by molar-refractivity contribution is 0.0736. The maximum atomic E-state index is 13.2. The predicted octanol–water partition coefficient (Wildman–Crippen LogP) is 6.32. The Labute approximate surface area is 211 Å². The number of aromatic nitrogens is 2. The molecule has 2 amide bonds. The zero-order chi connectivity index (χ0) is 25.1. The third kappa shape index (κ3) is 5.57. The van der Waals surface area contributed by atoms with Crippen LogP contribution in [0.2, 0.25) is 5.02 Å². The van der Waals surface area contributed by atoms with E-state index in [1.165, 1.54) is 5.56 Å². The lowest BCUT2D eigenvalue weighted by Crippen LogP contribution is -2.46. The Morgan fingerprint density at radius 1 is 1.11 bits per heavy atom. The number of allylic oxidation sites excluding steroid dienone is 1. The van der Waals surface area contributed by atoms with E-state index >= 15 is 0 Å². The summed E-state index contributed by atoms with van der Waals surface area (Å²) in [7, 11) is 0. The van der Waals surface area contributed by atoms with E-state index in [0.717, 1.165) is 28.0 Å². The first-order valence-electron chi connectivity index (χ1n) is 11.8. The van der Waals surface area contributed by atoms with Gasteiger partial charge in [0, 0.05) is 29.4 Å². The van der Waals surface area contributed by atoms with E-state index in [1.54, 1.807) is 17.0 Å². The molecule has 4 rings (SSSR count). The lowest BCUT2D eigenvalue weighted by atomic mass is 9.92. The minimum absolute atomic E-state index is 0.149. The van der Waals surface area contributed by atoms with Crippen molar-refractivity contribution in [2.75, 3.05) is 13.2 Å². The molecule has 0 saturated carbocycles. The first-order chi connectivity index (χ1) is 16.7. The van der Waals surface area contributed by atoms with E-state index in [1.807, 2.05) is 39.0 Å². The van der Waals surface area contributed by atoms with E-state index in [0.29, 0.717) is 36.3 Å². The largest absolute Gasteiger partial charge is 0.379 e. The van der Waals surface area contributed by atoms with Gasteiger partial charge in [-0.3, -0.25) is 4.90 Å². The second kappa shape index (κ2) is 10.6. The Balaban J connectivity index is 1.73. The molecule has 0 fully saturated rings. The maximum absolute atomic E-state index is 13.2. The quantitative estimate of drug-likeness (QED) is 0.370. The average molecular weight is 495 g/mol. The molecule has 3 aromatic rings. The van der Waals surface area contributed by atoms with Gasteiger partial charge in [-0.05, 0) is 82.0 Å². The van der Waals surface area contributed by atoms with Crippen LogP contribution in [0.25, 0.3) is 17.0 Å². The monoisotopic (exact) mass is 494 g/mol. The first-order valence-corrected chi connectivity index (χ1v) is 12.2. The highest BCUT2D eigenvalue weighted by Gasteiger charge is 2.35. The third-order valence-corrected chi connectivity index (χ3v) is 6.45. The number of rotatable bonds is 8. The first kappa shape index (κ1) is 24.9. The molecular weight excluding hydrogens is 464 g/mol. The summed E-state index contributed by atoms with van der Waals surface area (Å²) >= 11 is 6.03. The number of ether oxygens (including phenoxy) is 1. The van der Waals surface area contributed by atoms with E-state index < -0.39 is 6.04 Å². The van der Waals surface area contributed by atoms with Crippen LogP contribution in [0.5, 0.6) is 0 Å². The number of amides is 2. The van der Waals surface area contributed by atoms with Crippen LogP contribution in [-0.2, 0) is 4.74 Å². The second-order valence-electron chi connectivity index (χ2n) is 9.08. The molecule has 1 atom stereocenters. The zero-order valence-electron chi connectivity index (χ0n) is 20.8. The zero-order valence-corrected chi connectivity index (χ0v) is 21.5. The van der Waals surface area contributed by atoms with Crippen molar-refractivity contribution in [3.05, 3.63) is 75.8 Å². The fraction of sp³-hybridized carbons (Fsp3) is 0.370. The van der Waals surface area contributed by atoms with Crippen molar-refractivity contribution in [3.8, 4) is 11.4 Å². The molecule has 1 aliphatic rings. The molecule has 2 aromatic carbocycles. The number of carbonyl (C=O) groups is 1. The van der Waals surface area contributed by atoms with Gasteiger partial charge in [-0.15, -0.1) is 0 Å². The fourth-order valence-corrected chi connectivity index (χ4v) is 4.24. The van der Waals surface area contributed by atoms with Gasteiger partial charge in [0.15, 0.2) is 0 Å². The van der Waals surface area contributed by atoms with Crippen LogP contribution in [0.1, 0.15) is 55.8 Å². The number of hydrogen-bond acceptors (Lipinski definition) is 5. The van der Waals surface area contributed by atoms with Gasteiger partial charge in [-0.1, -0.05) is 35.0 Å². The molecule has 0 bridgehead atoms. The highest BCUT2D eigenvalue weighted by atomic mass is 35.5. The molecule has 0 saturated heterocycles. The third-order valence-electron chi connectivity index (χ3n) is 6.20. The van der Waals surface area contributed by atoms with Crippen LogP contribution in [0, 0.1) is 13.8 Å². The molecule has 7 nitrogen and oxygen atoms in total. The van der Waals surface area contributed by atoms with Crippen LogP contribution in [0.3, 0.4) is 0 Å². The van der Waals surface area contributed by atoms with Gasteiger partial charge >= 0.3 is 6.03 Å². The summed E-state index contributed by atoms with van der Waals surface area (Å²) in [4.78, 5) is 19.6. The van der Waals surface area contributed by atoms with Gasteiger partial charge in [0.05, 0.1) is 17.7 Å². The van der Waals surface area contributed by atoms with Crippen molar-refractivity contribution in [1.29, 1.82) is 0 Å². The molecule has 2 heterocycles. The highest BCUT2D eigenvalue weighted by molar-refractivity contribution is 6.30. The SMILES string of the molecule is CC1=C(c2nc(-c3ccc(Cl)cc3)no2)C(c2ccc(C)c(C)c2)NC(=O)N1CCCOC(C)C. The van der Waals surface area contributed by atoms with Crippen molar-refractivity contribution < 1.29 is 14.1 Å². The number of carbonyl (C=O) groups excluding carboxylic acids is 1. The second-order valence-corrected chi connectivity index (χ2v) is 9.52. The van der Waals surface area contributed by atoms with Crippen molar-refractivity contribution in [1.82, 2.24) is 20.4 Å². The van der Waals surface area contributed by atoms with Gasteiger partial charge in [-0.25, -0.2) is 4.79 Å². The van der Waals surface area contributed by atoms with Gasteiger partial charge < -0.3 is 14.6 Å². The summed E-state index contributed by atoms with van der Waals surface area (Å²) < 4.78 is 11.4. The Hall–Kier alpha value is -3.16. The van der Waals surface area contributed by atoms with Crippen LogP contribution in [0.15, 0.2) is 52.7 Å². The van der Waals surface area contributed by atoms with Crippen molar-refractivity contribution in [2.24, 2.45) is 0 Å². The summed E-state index contributed by atoms with van der Waals surface area (Å²) in [6.45, 7) is 11.1. The number of urea groups is 1. The predicted molar refractivity (Wildman–Crippen MR) is 137 cm³/mol. The van der Waals surface area contributed by atoms with Crippen molar-refractivity contribution >= 4 is 23.2 Å². The minimum Gasteiger partial charge on any atom is -0.379 e. The molecular formula is C27H31ClN4O3. The van der Waals surface area contributed by atoms with E-state index in [9.17, 15) is 4.79 Å². The van der Waals surface area contributed by atoms with Gasteiger partial charge in [0.1, 0.15) is 0 Å². The standard InChI is InChI=1S/C27H31ClN4O3/c1-16(2)34-14-6-13-32-19(5)23(24(29-27(32)33)21-8-7-17(3)18(4)15-21)26-30-25(31-35-26)20-9-11-22(28)12-10-20/h7-12,15-16,24H,6,13-14H2,1-5H3,(H,29,33). The lowest BCUT2D eigenvalue weighted by Gasteiger charge is -2.35. The molecule has 0 spiro atoms. The average Bonchev–Trinajstić information content (AvgIpc) is 3.30. The Morgan fingerprint density at radius 3 is 2.54 bits per heavy atom. The highest BCUT2D eigenvalue weighted by Crippen LogP contribution is 2.38. The van der Waals surface area contributed by atoms with Gasteiger partial charge in [-0.2, -0.15) is 4.98 Å². The Bertz CT molecular complexity index is 1230. The summed E-state index contributed by atoms with van der Waals surface area (Å²) in [5.41, 5.74) is 5.66. The summed E-state index contributed by atoms with van der Waals surface area (Å²) in [5, 5.41) is 8.00.